The zero-order valence-corrected chi connectivity index (χ0v) is 49.2. The van der Waals surface area contributed by atoms with Gasteiger partial charge in [-0.2, -0.15) is 8.42 Å². The summed E-state index contributed by atoms with van der Waals surface area (Å²) in [5, 5.41) is 10.1. The largest absolute Gasteiger partial charge is 0.457 e. The van der Waals surface area contributed by atoms with Crippen molar-refractivity contribution in [2.75, 3.05) is 19.8 Å². The van der Waals surface area contributed by atoms with Crippen molar-refractivity contribution < 1.29 is 84.4 Å². The Labute approximate surface area is 477 Å². The molecule has 15 fully saturated rings. The summed E-state index contributed by atoms with van der Waals surface area (Å²) in [4.78, 5) is 81.5. The van der Waals surface area contributed by atoms with Crippen LogP contribution in [0.3, 0.4) is 0 Å². The lowest BCUT2D eigenvalue weighted by molar-refractivity contribution is -0.217. The molecule has 0 aromatic rings. The highest BCUT2D eigenvalue weighted by Gasteiger charge is 2.66. The van der Waals surface area contributed by atoms with Crippen molar-refractivity contribution in [3.63, 3.8) is 0 Å². The molecule has 1 saturated heterocycles. The number of hydrogen-bond donors (Lipinski definition) is 1. The highest BCUT2D eigenvalue weighted by Crippen LogP contribution is 2.63. The van der Waals surface area contributed by atoms with Gasteiger partial charge in [-0.05, 0) is 209 Å². The van der Waals surface area contributed by atoms with E-state index in [4.69, 9.17) is 32.6 Å². The molecule has 15 rings (SSSR count). The molecule has 7 unspecified atom stereocenters. The molecule has 19 heteroatoms. The van der Waals surface area contributed by atoms with E-state index >= 15 is 0 Å². The number of aliphatic hydroxyl groups is 1. The van der Waals surface area contributed by atoms with Gasteiger partial charge in [0, 0.05) is 40.5 Å². The molecule has 81 heavy (non-hydrogen) atoms. The van der Waals surface area contributed by atoms with Crippen LogP contribution in [0.4, 0.5) is 0 Å². The molecule has 1 N–H and O–H groups in total. The fraction of sp³-hybridized carbons (Fsp3) is 0.758. The topological polar surface area (TPSA) is 248 Å². The minimum atomic E-state index is -3.53. The molecular formula is C62H86O18S. The van der Waals surface area contributed by atoms with E-state index in [0.717, 1.165) is 81.5 Å². The molecule has 0 aromatic heterocycles. The lowest BCUT2D eigenvalue weighted by atomic mass is 9.49. The third-order valence-corrected chi connectivity index (χ3v) is 22.6. The van der Waals surface area contributed by atoms with Crippen LogP contribution in [0.1, 0.15) is 164 Å². The third-order valence-electron chi connectivity index (χ3n) is 20.8. The van der Waals surface area contributed by atoms with Crippen LogP contribution in [0.25, 0.3) is 0 Å². The van der Waals surface area contributed by atoms with Crippen LogP contribution in [0.15, 0.2) is 48.6 Å². The normalized spacial score (nSPS) is 40.6. The van der Waals surface area contributed by atoms with Gasteiger partial charge in [-0.25, -0.2) is 33.6 Å². The first-order valence-electron chi connectivity index (χ1n) is 29.7. The smallest absolute Gasteiger partial charge is 0.344 e. The van der Waals surface area contributed by atoms with Crippen LogP contribution in [0.2, 0.25) is 0 Å². The maximum atomic E-state index is 12.2. The van der Waals surface area contributed by atoms with Crippen LogP contribution in [-0.4, -0.2) is 115 Å². The van der Waals surface area contributed by atoms with Crippen LogP contribution in [0.5, 0.6) is 0 Å². The molecule has 1 heterocycles. The van der Waals surface area contributed by atoms with E-state index < -0.39 is 94.0 Å². The van der Waals surface area contributed by atoms with Crippen LogP contribution in [0, 0.1) is 71.0 Å². The Morgan fingerprint density at radius 1 is 0.531 bits per heavy atom. The Morgan fingerprint density at radius 3 is 1.44 bits per heavy atom. The minimum Gasteiger partial charge on any atom is -0.457 e. The average Bonchev–Trinajstić information content (AvgIpc) is 2.68. The van der Waals surface area contributed by atoms with E-state index in [2.05, 4.69) is 38.0 Å². The molecule has 14 aliphatic carbocycles. The number of fused-ring (bicyclic) bond motifs is 1. The molecular weight excluding hydrogens is 1060 g/mol. The molecule has 0 amide bonds. The lowest BCUT2D eigenvalue weighted by Gasteiger charge is -2.60. The number of rotatable bonds is 15. The average molecular weight is 1150 g/mol. The Morgan fingerprint density at radius 2 is 0.975 bits per heavy atom. The first-order chi connectivity index (χ1) is 38.0. The van der Waals surface area contributed by atoms with Crippen molar-refractivity contribution in [1.82, 2.24) is 0 Å². The SMILES string of the molecule is C=C(C)C(=O)OC1(CC)C2CC3CC(C2)CC1C3.C=C(C)C(=O)OC12CC3CC(CC(O)(C3)C1)C2.C=C(C)C(=O)OCC(=O)OC1C2CC3C1OS(=O)(=O)C3C2.C=C(C)C(=O)OCC(=O)OCC(=O)OC1(C)C2CC3CC(C2)CC1C3. The molecule has 7 atom stereocenters. The summed E-state index contributed by atoms with van der Waals surface area (Å²) in [7, 11) is -3.53. The van der Waals surface area contributed by atoms with Crippen molar-refractivity contribution in [3.05, 3.63) is 48.6 Å². The van der Waals surface area contributed by atoms with E-state index in [1.54, 1.807) is 13.8 Å². The minimum absolute atomic E-state index is 0.00284. The zero-order valence-electron chi connectivity index (χ0n) is 48.3. The highest BCUT2D eigenvalue weighted by molar-refractivity contribution is 7.87. The fourth-order valence-corrected chi connectivity index (χ4v) is 19.9. The van der Waals surface area contributed by atoms with Crippen molar-refractivity contribution in [2.45, 2.75) is 203 Å². The second-order valence-electron chi connectivity index (χ2n) is 27.1. The number of carbonyl (C=O) groups excluding carboxylic acids is 7. The van der Waals surface area contributed by atoms with Crippen LogP contribution in [-0.2, 0) is 81.0 Å². The zero-order chi connectivity index (χ0) is 58.7. The lowest BCUT2D eigenvalue weighted by Crippen LogP contribution is -2.60. The summed E-state index contributed by atoms with van der Waals surface area (Å²) < 4.78 is 65.6. The summed E-state index contributed by atoms with van der Waals surface area (Å²) in [6, 6.07) is 0. The number of ether oxygens (including phenoxy) is 7. The number of esters is 7. The van der Waals surface area contributed by atoms with Crippen molar-refractivity contribution >= 4 is 51.9 Å². The summed E-state index contributed by atoms with van der Waals surface area (Å²) in [6.07, 6.45) is 18.9. The standard InChI is InChI=1S/C19H26O6.C16H24O2.C14H20O3.C13H16O7S/c1-11(2)18(22)24-9-16(20)23-10-17(21)25-19(3)14-5-12-4-13(7-14)8-15(19)6-12;1-4-16(18-15(17)10(2)3)13-6-11-5-12(8-13)9-14(16)7-11;1-9(2)12(15)17-14-6-10-3-11(7-14)5-13(16,4-10)8-14;1-6(2)13(15)18-5-10(14)19-11-7-3-8-9(4-7)21(16,17)20-12(8)11/h12-15H,1,4-10H2,2-3H3;11-14H,2,4-9H2,1,3H3;10-11,16H,1,3-8H2,2H3;7-9,11-12H,1,3-5H2,2H3. The van der Waals surface area contributed by atoms with Crippen LogP contribution < -0.4 is 0 Å². The van der Waals surface area contributed by atoms with Gasteiger partial charge in [-0.1, -0.05) is 33.2 Å². The molecule has 0 radical (unpaired) electrons. The number of hydrogen-bond acceptors (Lipinski definition) is 18. The molecule has 0 aromatic carbocycles. The van der Waals surface area contributed by atoms with Gasteiger partial charge < -0.3 is 38.3 Å². The van der Waals surface area contributed by atoms with E-state index in [0.29, 0.717) is 65.9 Å². The summed E-state index contributed by atoms with van der Waals surface area (Å²) in [5.74, 6) is 2.64. The summed E-state index contributed by atoms with van der Waals surface area (Å²) in [5.41, 5.74) is -0.191. The van der Waals surface area contributed by atoms with Gasteiger partial charge in [0.15, 0.2) is 19.8 Å². The van der Waals surface area contributed by atoms with E-state index in [-0.39, 0.29) is 40.5 Å². The Bertz CT molecular complexity index is 2610. The van der Waals surface area contributed by atoms with Crippen molar-refractivity contribution in [3.8, 4) is 0 Å². The van der Waals surface area contributed by atoms with Gasteiger partial charge in [-0.15, -0.1) is 0 Å². The van der Waals surface area contributed by atoms with Crippen molar-refractivity contribution in [2.24, 2.45) is 71.0 Å². The molecule has 448 valence electrons. The van der Waals surface area contributed by atoms with Crippen molar-refractivity contribution in [1.29, 1.82) is 0 Å². The monoisotopic (exact) mass is 1150 g/mol. The Kier molecular flexibility index (Phi) is 17.5. The molecule has 0 spiro atoms. The molecule has 1 aliphatic heterocycles. The molecule has 14 saturated carbocycles. The van der Waals surface area contributed by atoms with E-state index in [9.17, 15) is 47.1 Å². The second kappa shape index (κ2) is 23.3. The Hall–Kier alpha value is -4.88. The maximum Gasteiger partial charge on any atom is 0.344 e. The Balaban J connectivity index is 0.000000132. The van der Waals surface area contributed by atoms with Gasteiger partial charge >= 0.3 is 41.8 Å². The first kappa shape index (κ1) is 60.7. The first-order valence-corrected chi connectivity index (χ1v) is 31.1. The molecule has 18 nitrogen and oxygen atoms in total. The third kappa shape index (κ3) is 12.8. The molecule has 14 bridgehead atoms. The van der Waals surface area contributed by atoms with Gasteiger partial charge in [0.2, 0.25) is 0 Å². The quantitative estimate of drug-likeness (QED) is 0.0699. The highest BCUT2D eigenvalue weighted by atomic mass is 32.2. The predicted molar refractivity (Wildman–Crippen MR) is 292 cm³/mol. The summed E-state index contributed by atoms with van der Waals surface area (Å²) in [6.45, 7) is 23.3. The van der Waals surface area contributed by atoms with E-state index in [1.807, 2.05) is 6.92 Å². The van der Waals surface area contributed by atoms with Gasteiger partial charge in [0.25, 0.3) is 10.1 Å². The predicted octanol–water partition coefficient (Wildman–Crippen LogP) is 8.46. The number of carbonyl (C=O) groups is 7. The second-order valence-corrected chi connectivity index (χ2v) is 28.9. The maximum absolute atomic E-state index is 12.2. The summed E-state index contributed by atoms with van der Waals surface area (Å²) >= 11 is 0. The van der Waals surface area contributed by atoms with Gasteiger partial charge in [0.1, 0.15) is 29.0 Å². The fourth-order valence-electron chi connectivity index (χ4n) is 18.1. The van der Waals surface area contributed by atoms with E-state index in [1.165, 1.54) is 58.8 Å². The molecule has 15 aliphatic rings. The van der Waals surface area contributed by atoms with Gasteiger partial charge in [-0.3, -0.25) is 4.18 Å². The van der Waals surface area contributed by atoms with Crippen LogP contribution >= 0.6 is 0 Å². The van der Waals surface area contributed by atoms with Gasteiger partial charge in [0.05, 0.1) is 10.9 Å².